The van der Waals surface area contributed by atoms with Crippen molar-refractivity contribution < 1.29 is 19.4 Å². The third kappa shape index (κ3) is 5.07. The van der Waals surface area contributed by atoms with Gasteiger partial charge in [0.05, 0.1) is 12.6 Å². The standard InChI is InChI=1S/C20H22N2O4/c23-18(19-21-11-12-25-19)17(13-15-7-3-1-4-8-15)22-20(24)26-14-16-9-5-2-6-10-16/h1-10,17-18,23H,11-14H2,(H,22,24)/t17-,18?/m0/s1. The second-order valence-electron chi connectivity index (χ2n) is 6.02. The second-order valence-corrected chi connectivity index (χ2v) is 6.02. The third-order valence-electron chi connectivity index (χ3n) is 4.06. The molecule has 1 unspecified atom stereocenters. The molecule has 2 atom stereocenters. The summed E-state index contributed by atoms with van der Waals surface area (Å²) in [4.78, 5) is 16.4. The average Bonchev–Trinajstić information content (AvgIpc) is 3.22. The molecule has 0 saturated heterocycles. The molecule has 0 saturated carbocycles. The molecule has 136 valence electrons. The molecule has 6 heteroatoms. The highest BCUT2D eigenvalue weighted by Gasteiger charge is 2.29. The minimum atomic E-state index is -1.03. The van der Waals surface area contributed by atoms with Crippen LogP contribution in [0.25, 0.3) is 0 Å². The van der Waals surface area contributed by atoms with E-state index in [9.17, 15) is 9.90 Å². The van der Waals surface area contributed by atoms with E-state index in [0.29, 0.717) is 19.6 Å². The van der Waals surface area contributed by atoms with Crippen LogP contribution in [-0.2, 0) is 22.5 Å². The van der Waals surface area contributed by atoms with E-state index in [0.717, 1.165) is 11.1 Å². The van der Waals surface area contributed by atoms with Gasteiger partial charge in [0.25, 0.3) is 0 Å². The molecule has 0 spiro atoms. The van der Waals surface area contributed by atoms with Crippen molar-refractivity contribution in [3.05, 3.63) is 71.8 Å². The summed E-state index contributed by atoms with van der Waals surface area (Å²) in [7, 11) is 0. The Kier molecular flexibility index (Phi) is 6.22. The minimum Gasteiger partial charge on any atom is -0.477 e. The molecular weight excluding hydrogens is 332 g/mol. The quantitative estimate of drug-likeness (QED) is 0.800. The van der Waals surface area contributed by atoms with Crippen molar-refractivity contribution in [3.63, 3.8) is 0 Å². The number of aliphatic hydroxyl groups is 1. The summed E-state index contributed by atoms with van der Waals surface area (Å²) in [5.74, 6) is 0.259. The lowest BCUT2D eigenvalue weighted by molar-refractivity contribution is 0.116. The summed E-state index contributed by atoms with van der Waals surface area (Å²) in [6.45, 7) is 1.13. The average molecular weight is 354 g/mol. The number of alkyl carbamates (subject to hydrolysis) is 1. The van der Waals surface area contributed by atoms with E-state index in [-0.39, 0.29) is 12.5 Å². The molecule has 0 aromatic heterocycles. The molecule has 0 bridgehead atoms. The summed E-state index contributed by atoms with van der Waals surface area (Å²) in [6.07, 6.45) is -1.18. The van der Waals surface area contributed by atoms with Crippen molar-refractivity contribution in [1.82, 2.24) is 5.32 Å². The molecule has 2 N–H and O–H groups in total. The highest BCUT2D eigenvalue weighted by atomic mass is 16.5. The van der Waals surface area contributed by atoms with Gasteiger partial charge in [-0.05, 0) is 17.5 Å². The fourth-order valence-electron chi connectivity index (χ4n) is 2.73. The Balaban J connectivity index is 1.63. The van der Waals surface area contributed by atoms with Crippen molar-refractivity contribution in [2.75, 3.05) is 13.2 Å². The smallest absolute Gasteiger partial charge is 0.407 e. The van der Waals surface area contributed by atoms with E-state index in [1.54, 1.807) is 0 Å². The number of hydrogen-bond donors (Lipinski definition) is 2. The highest BCUT2D eigenvalue weighted by molar-refractivity contribution is 5.83. The lowest BCUT2D eigenvalue weighted by Gasteiger charge is -2.23. The van der Waals surface area contributed by atoms with E-state index in [1.165, 1.54) is 0 Å². The third-order valence-corrected chi connectivity index (χ3v) is 4.06. The van der Waals surface area contributed by atoms with E-state index in [4.69, 9.17) is 9.47 Å². The topological polar surface area (TPSA) is 80.2 Å². The number of aliphatic hydroxyl groups excluding tert-OH is 1. The van der Waals surface area contributed by atoms with Crippen LogP contribution in [0, 0.1) is 0 Å². The molecule has 26 heavy (non-hydrogen) atoms. The second kappa shape index (κ2) is 9.01. The van der Waals surface area contributed by atoms with Gasteiger partial charge in [-0.1, -0.05) is 60.7 Å². The van der Waals surface area contributed by atoms with Gasteiger partial charge in [-0.3, -0.25) is 0 Å². The summed E-state index contributed by atoms with van der Waals surface area (Å²) < 4.78 is 10.6. The maximum Gasteiger partial charge on any atom is 0.407 e. The van der Waals surface area contributed by atoms with Crippen LogP contribution in [0.2, 0.25) is 0 Å². The SMILES string of the molecule is O=C(N[C@@H](Cc1ccccc1)C(O)C1=NCCO1)OCc1ccccc1. The number of hydrogen-bond acceptors (Lipinski definition) is 5. The molecular formula is C20H22N2O4. The van der Waals surface area contributed by atoms with Crippen LogP contribution in [-0.4, -0.2) is 42.4 Å². The first-order chi connectivity index (χ1) is 12.7. The van der Waals surface area contributed by atoms with Crippen LogP contribution in [0.5, 0.6) is 0 Å². The zero-order chi connectivity index (χ0) is 18.2. The molecule has 3 rings (SSSR count). The maximum atomic E-state index is 12.2. The van der Waals surface area contributed by atoms with Gasteiger partial charge < -0.3 is 19.9 Å². The van der Waals surface area contributed by atoms with E-state index < -0.39 is 18.2 Å². The lowest BCUT2D eigenvalue weighted by atomic mass is 10.0. The highest BCUT2D eigenvalue weighted by Crippen LogP contribution is 2.11. The van der Waals surface area contributed by atoms with Gasteiger partial charge in [0, 0.05) is 0 Å². The first-order valence-corrected chi connectivity index (χ1v) is 8.59. The van der Waals surface area contributed by atoms with Gasteiger partial charge in [-0.2, -0.15) is 0 Å². The van der Waals surface area contributed by atoms with Crippen LogP contribution in [0.4, 0.5) is 4.79 Å². The van der Waals surface area contributed by atoms with Crippen LogP contribution in [0.3, 0.4) is 0 Å². The fraction of sp³-hybridized carbons (Fsp3) is 0.300. The van der Waals surface area contributed by atoms with E-state index in [1.807, 2.05) is 60.7 Å². The Morgan fingerprint density at radius 1 is 1.12 bits per heavy atom. The van der Waals surface area contributed by atoms with E-state index >= 15 is 0 Å². The number of benzene rings is 2. The summed E-state index contributed by atoms with van der Waals surface area (Å²) in [5, 5.41) is 13.3. The van der Waals surface area contributed by atoms with E-state index in [2.05, 4.69) is 10.3 Å². The monoisotopic (exact) mass is 354 g/mol. The minimum absolute atomic E-state index is 0.165. The molecule has 1 aliphatic rings. The van der Waals surface area contributed by atoms with Crippen LogP contribution >= 0.6 is 0 Å². The number of carbonyl (C=O) groups excluding carboxylic acids is 1. The first kappa shape index (κ1) is 17.9. The number of nitrogens with one attached hydrogen (secondary N) is 1. The molecule has 0 fully saturated rings. The molecule has 0 radical (unpaired) electrons. The number of nitrogens with zero attached hydrogens (tertiary/aromatic N) is 1. The van der Waals surface area contributed by atoms with Gasteiger partial charge in [0.15, 0.2) is 0 Å². The number of carbonyl (C=O) groups is 1. The van der Waals surface area contributed by atoms with Crippen molar-refractivity contribution >= 4 is 12.0 Å². The van der Waals surface area contributed by atoms with Crippen molar-refractivity contribution in [2.45, 2.75) is 25.2 Å². The Labute approximate surface area is 152 Å². The van der Waals surface area contributed by atoms with Gasteiger partial charge in [0.2, 0.25) is 5.90 Å². The van der Waals surface area contributed by atoms with Gasteiger partial charge in [-0.25, -0.2) is 9.79 Å². The van der Waals surface area contributed by atoms with Gasteiger partial charge in [-0.15, -0.1) is 0 Å². The molecule has 0 aliphatic carbocycles. The summed E-state index contributed by atoms with van der Waals surface area (Å²) in [5.41, 5.74) is 1.88. The number of rotatable bonds is 7. The number of amides is 1. The van der Waals surface area contributed by atoms with Crippen molar-refractivity contribution in [1.29, 1.82) is 0 Å². The Morgan fingerprint density at radius 3 is 2.38 bits per heavy atom. The maximum absolute atomic E-state index is 12.2. The molecule has 6 nitrogen and oxygen atoms in total. The van der Waals surface area contributed by atoms with Crippen LogP contribution < -0.4 is 5.32 Å². The number of aliphatic imine (C=N–C) groups is 1. The van der Waals surface area contributed by atoms with Gasteiger partial charge in [0.1, 0.15) is 19.3 Å². The zero-order valence-corrected chi connectivity index (χ0v) is 14.4. The van der Waals surface area contributed by atoms with Gasteiger partial charge >= 0.3 is 6.09 Å². The molecule has 1 aliphatic heterocycles. The van der Waals surface area contributed by atoms with Crippen molar-refractivity contribution in [2.24, 2.45) is 4.99 Å². The molecule has 2 aromatic carbocycles. The Morgan fingerprint density at radius 2 is 1.77 bits per heavy atom. The fourth-order valence-corrected chi connectivity index (χ4v) is 2.73. The van der Waals surface area contributed by atoms with Crippen molar-refractivity contribution in [3.8, 4) is 0 Å². The molecule has 1 amide bonds. The lowest BCUT2D eigenvalue weighted by Crippen LogP contribution is -2.48. The van der Waals surface area contributed by atoms with Crippen LogP contribution in [0.15, 0.2) is 65.7 Å². The molecule has 1 heterocycles. The largest absolute Gasteiger partial charge is 0.477 e. The number of ether oxygens (including phenoxy) is 2. The normalized spacial score (nSPS) is 15.5. The molecule has 2 aromatic rings. The first-order valence-electron chi connectivity index (χ1n) is 8.59. The summed E-state index contributed by atoms with van der Waals surface area (Å²) >= 11 is 0. The Bertz CT molecular complexity index is 734. The predicted octanol–water partition coefficient (Wildman–Crippen LogP) is 2.31. The Hall–Kier alpha value is -2.86. The summed E-state index contributed by atoms with van der Waals surface area (Å²) in [6, 6.07) is 18.4. The predicted molar refractivity (Wildman–Crippen MR) is 98.0 cm³/mol. The van der Waals surface area contributed by atoms with Crippen LogP contribution in [0.1, 0.15) is 11.1 Å². The zero-order valence-electron chi connectivity index (χ0n) is 14.4.